The molecular weight excluding hydrogens is 260 g/mol. The maximum Gasteiger partial charge on any atom is 0.224 e. The van der Waals surface area contributed by atoms with Crippen LogP contribution in [0.15, 0.2) is 6.07 Å². The minimum atomic E-state index is -0.741. The molecule has 3 N–H and O–H groups in total. The van der Waals surface area contributed by atoms with E-state index in [0.29, 0.717) is 18.2 Å². The molecule has 1 aromatic heterocycles. The summed E-state index contributed by atoms with van der Waals surface area (Å²) >= 11 is 1.63. The summed E-state index contributed by atoms with van der Waals surface area (Å²) in [5.41, 5.74) is 0.163. The van der Waals surface area contributed by atoms with Crippen LogP contribution >= 0.6 is 11.8 Å². The fourth-order valence-electron chi connectivity index (χ4n) is 1.62. The van der Waals surface area contributed by atoms with Crippen molar-refractivity contribution in [2.75, 3.05) is 35.7 Å². The van der Waals surface area contributed by atoms with Crippen LogP contribution < -0.4 is 10.6 Å². The second-order valence-electron chi connectivity index (χ2n) is 4.93. The molecule has 0 bridgehead atoms. The van der Waals surface area contributed by atoms with E-state index in [1.807, 2.05) is 26.2 Å². The molecular formula is C13H24N4OS. The SMILES string of the molecule is CCCNc1nc(C)cc(NCC(C)(O)CSC)n1. The third kappa shape index (κ3) is 6.11. The number of rotatable bonds is 8. The van der Waals surface area contributed by atoms with Gasteiger partial charge in [0, 0.05) is 30.6 Å². The third-order valence-electron chi connectivity index (χ3n) is 2.49. The highest BCUT2D eigenvalue weighted by molar-refractivity contribution is 7.98. The Labute approximate surface area is 119 Å². The summed E-state index contributed by atoms with van der Waals surface area (Å²) < 4.78 is 0. The van der Waals surface area contributed by atoms with Gasteiger partial charge < -0.3 is 15.7 Å². The lowest BCUT2D eigenvalue weighted by Crippen LogP contribution is -2.36. The fraction of sp³-hybridized carbons (Fsp3) is 0.692. The molecule has 0 amide bonds. The van der Waals surface area contributed by atoms with Crippen molar-refractivity contribution < 1.29 is 5.11 Å². The Bertz CT molecular complexity index is 398. The highest BCUT2D eigenvalue weighted by Crippen LogP contribution is 2.14. The number of nitrogens with zero attached hydrogens (tertiary/aromatic N) is 2. The quantitative estimate of drug-likeness (QED) is 0.679. The van der Waals surface area contributed by atoms with Gasteiger partial charge in [0.25, 0.3) is 0 Å². The average Bonchev–Trinajstić information content (AvgIpc) is 2.33. The minimum absolute atomic E-state index is 0.470. The summed E-state index contributed by atoms with van der Waals surface area (Å²) in [6, 6.07) is 1.88. The van der Waals surface area contributed by atoms with Crippen molar-refractivity contribution >= 4 is 23.5 Å². The second-order valence-corrected chi connectivity index (χ2v) is 5.79. The van der Waals surface area contributed by atoms with E-state index in [2.05, 4.69) is 27.5 Å². The predicted molar refractivity (Wildman–Crippen MR) is 83.0 cm³/mol. The van der Waals surface area contributed by atoms with Crippen molar-refractivity contribution in [1.82, 2.24) is 9.97 Å². The van der Waals surface area contributed by atoms with E-state index in [1.54, 1.807) is 11.8 Å². The molecule has 0 aliphatic carbocycles. The monoisotopic (exact) mass is 284 g/mol. The Kier molecular flexibility index (Phi) is 6.37. The molecule has 0 fully saturated rings. The van der Waals surface area contributed by atoms with E-state index in [1.165, 1.54) is 0 Å². The van der Waals surface area contributed by atoms with Crippen LogP contribution in [0.1, 0.15) is 26.0 Å². The number of nitrogens with one attached hydrogen (secondary N) is 2. The molecule has 1 unspecified atom stereocenters. The van der Waals surface area contributed by atoms with Gasteiger partial charge in [-0.3, -0.25) is 0 Å². The summed E-state index contributed by atoms with van der Waals surface area (Å²) in [5.74, 6) is 2.06. The number of aryl methyl sites for hydroxylation is 1. The number of aliphatic hydroxyl groups is 1. The molecule has 0 aliphatic heterocycles. The molecule has 1 rings (SSSR count). The lowest BCUT2D eigenvalue weighted by molar-refractivity contribution is 0.0996. The Hall–Kier alpha value is -1.01. The number of hydrogen-bond donors (Lipinski definition) is 3. The van der Waals surface area contributed by atoms with Crippen LogP contribution in [0.2, 0.25) is 0 Å². The van der Waals surface area contributed by atoms with Gasteiger partial charge >= 0.3 is 0 Å². The second kappa shape index (κ2) is 7.55. The third-order valence-corrected chi connectivity index (χ3v) is 3.40. The molecule has 0 spiro atoms. The number of hydrogen-bond acceptors (Lipinski definition) is 6. The molecule has 5 nitrogen and oxygen atoms in total. The smallest absolute Gasteiger partial charge is 0.224 e. The lowest BCUT2D eigenvalue weighted by Gasteiger charge is -2.23. The van der Waals surface area contributed by atoms with Gasteiger partial charge in [0.2, 0.25) is 5.95 Å². The van der Waals surface area contributed by atoms with Crippen LogP contribution in [0.3, 0.4) is 0 Å². The maximum atomic E-state index is 10.1. The van der Waals surface area contributed by atoms with Gasteiger partial charge in [-0.1, -0.05) is 6.92 Å². The molecule has 108 valence electrons. The summed E-state index contributed by atoms with van der Waals surface area (Å²) in [6.07, 6.45) is 3.01. The van der Waals surface area contributed by atoms with E-state index in [9.17, 15) is 5.11 Å². The van der Waals surface area contributed by atoms with Crippen LogP contribution in [-0.2, 0) is 0 Å². The van der Waals surface area contributed by atoms with Crippen molar-refractivity contribution in [3.8, 4) is 0 Å². The van der Waals surface area contributed by atoms with Gasteiger partial charge in [0.05, 0.1) is 5.60 Å². The summed E-state index contributed by atoms with van der Waals surface area (Å²) in [6.45, 7) is 7.18. The van der Waals surface area contributed by atoms with Crippen LogP contribution in [0.4, 0.5) is 11.8 Å². The normalized spacial score (nSPS) is 13.9. The zero-order chi connectivity index (χ0) is 14.3. The molecule has 19 heavy (non-hydrogen) atoms. The average molecular weight is 284 g/mol. The van der Waals surface area contributed by atoms with Gasteiger partial charge in [0.1, 0.15) is 5.82 Å². The first-order valence-electron chi connectivity index (χ1n) is 6.51. The van der Waals surface area contributed by atoms with Gasteiger partial charge in [0.15, 0.2) is 0 Å². The van der Waals surface area contributed by atoms with Gasteiger partial charge in [-0.25, -0.2) is 4.98 Å². The van der Waals surface area contributed by atoms with E-state index < -0.39 is 5.60 Å². The zero-order valence-corrected chi connectivity index (χ0v) is 13.0. The predicted octanol–water partition coefficient (Wildman–Crippen LogP) is 2.13. The number of anilines is 2. The first-order valence-corrected chi connectivity index (χ1v) is 7.91. The van der Waals surface area contributed by atoms with Crippen LogP contribution in [-0.4, -0.2) is 45.8 Å². The topological polar surface area (TPSA) is 70.1 Å². The molecule has 1 atom stereocenters. The molecule has 0 radical (unpaired) electrons. The van der Waals surface area contributed by atoms with E-state index in [0.717, 1.165) is 24.5 Å². The molecule has 1 heterocycles. The summed E-state index contributed by atoms with van der Waals surface area (Å²) in [4.78, 5) is 8.71. The molecule has 6 heteroatoms. The summed E-state index contributed by atoms with van der Waals surface area (Å²) in [7, 11) is 0. The molecule has 0 aliphatic rings. The molecule has 1 aromatic rings. The first-order chi connectivity index (χ1) is 8.96. The van der Waals surface area contributed by atoms with Crippen molar-refractivity contribution in [2.45, 2.75) is 32.8 Å². The van der Waals surface area contributed by atoms with Crippen molar-refractivity contribution in [3.63, 3.8) is 0 Å². The van der Waals surface area contributed by atoms with Crippen molar-refractivity contribution in [1.29, 1.82) is 0 Å². The van der Waals surface area contributed by atoms with Gasteiger partial charge in [-0.15, -0.1) is 0 Å². The van der Waals surface area contributed by atoms with Crippen LogP contribution in [0.5, 0.6) is 0 Å². The van der Waals surface area contributed by atoms with Gasteiger partial charge in [-0.2, -0.15) is 16.7 Å². The van der Waals surface area contributed by atoms with Gasteiger partial charge in [-0.05, 0) is 26.5 Å². The van der Waals surface area contributed by atoms with E-state index in [-0.39, 0.29) is 0 Å². The number of thioether (sulfide) groups is 1. The van der Waals surface area contributed by atoms with Crippen molar-refractivity contribution in [2.24, 2.45) is 0 Å². The molecule has 0 aromatic carbocycles. The maximum absolute atomic E-state index is 10.1. The molecule has 0 saturated carbocycles. The largest absolute Gasteiger partial charge is 0.387 e. The Morgan fingerprint density at radius 2 is 2.11 bits per heavy atom. The Morgan fingerprint density at radius 3 is 2.74 bits per heavy atom. The highest BCUT2D eigenvalue weighted by atomic mass is 32.2. The Morgan fingerprint density at radius 1 is 1.37 bits per heavy atom. The first kappa shape index (κ1) is 16.0. The highest BCUT2D eigenvalue weighted by Gasteiger charge is 2.19. The van der Waals surface area contributed by atoms with Crippen LogP contribution in [0.25, 0.3) is 0 Å². The lowest BCUT2D eigenvalue weighted by atomic mass is 10.1. The standard InChI is InChI=1S/C13H24N4OS/c1-5-6-14-12-16-10(2)7-11(17-12)15-8-13(3,18)9-19-4/h7,18H,5-6,8-9H2,1-4H3,(H2,14,15,16,17). The van der Waals surface area contributed by atoms with E-state index >= 15 is 0 Å². The minimum Gasteiger partial charge on any atom is -0.387 e. The number of aromatic nitrogens is 2. The van der Waals surface area contributed by atoms with Crippen LogP contribution in [0, 0.1) is 6.92 Å². The molecule has 0 saturated heterocycles. The fourth-order valence-corrected chi connectivity index (χ4v) is 2.34. The van der Waals surface area contributed by atoms with E-state index in [4.69, 9.17) is 0 Å². The van der Waals surface area contributed by atoms with Crippen molar-refractivity contribution in [3.05, 3.63) is 11.8 Å². The Balaban J connectivity index is 2.65. The zero-order valence-electron chi connectivity index (χ0n) is 12.2. The summed E-state index contributed by atoms with van der Waals surface area (Å²) in [5, 5.41) is 16.5.